The van der Waals surface area contributed by atoms with Gasteiger partial charge in [-0.3, -0.25) is 9.59 Å². The number of rotatable bonds is 6. The predicted octanol–water partition coefficient (Wildman–Crippen LogP) is 3.12. The Morgan fingerprint density at radius 3 is 2.41 bits per heavy atom. The number of para-hydroxylation sites is 2. The fourth-order valence-electron chi connectivity index (χ4n) is 2.60. The normalized spacial score (nSPS) is 10.4. The van der Waals surface area contributed by atoms with Crippen LogP contribution in [0.4, 0.5) is 16.5 Å². The minimum atomic E-state index is -0.291. The number of nitrogen functional groups attached to an aromatic ring is 1. The molecule has 0 bridgehead atoms. The first-order chi connectivity index (χ1) is 13.1. The molecule has 27 heavy (non-hydrogen) atoms. The van der Waals surface area contributed by atoms with Crippen LogP contribution in [0.5, 0.6) is 0 Å². The summed E-state index contributed by atoms with van der Waals surface area (Å²) in [6.45, 7) is 2.03. The van der Waals surface area contributed by atoms with Crippen molar-refractivity contribution in [3.05, 3.63) is 64.7 Å². The molecule has 0 unspecified atom stereocenters. The van der Waals surface area contributed by atoms with Crippen molar-refractivity contribution in [1.29, 1.82) is 0 Å². The number of nitrogens with one attached hydrogen (secondary N) is 2. The molecule has 8 heteroatoms. The fourth-order valence-corrected chi connectivity index (χ4v) is 3.21. The highest BCUT2D eigenvalue weighted by molar-refractivity contribution is 7.15. The van der Waals surface area contributed by atoms with Crippen molar-refractivity contribution in [2.24, 2.45) is 0 Å². The molecule has 1 aromatic heterocycles. The van der Waals surface area contributed by atoms with Gasteiger partial charge in [-0.15, -0.1) is 10.2 Å². The predicted molar refractivity (Wildman–Crippen MR) is 107 cm³/mol. The zero-order valence-corrected chi connectivity index (χ0v) is 15.5. The molecule has 2 amide bonds. The zero-order valence-electron chi connectivity index (χ0n) is 14.7. The highest BCUT2D eigenvalue weighted by Gasteiger charge is 2.15. The van der Waals surface area contributed by atoms with Gasteiger partial charge in [-0.05, 0) is 30.2 Å². The number of aryl methyl sites for hydroxylation is 1. The Kier molecular flexibility index (Phi) is 5.77. The number of hydrogen-bond donors (Lipinski definition) is 3. The van der Waals surface area contributed by atoms with Crippen LogP contribution in [0.2, 0.25) is 0 Å². The SMILES string of the molecule is CCc1ccccc1NC(=O)c1ccccc1NC(=O)Cc1nnc(N)s1. The van der Waals surface area contributed by atoms with Crippen molar-refractivity contribution in [1.82, 2.24) is 10.2 Å². The lowest BCUT2D eigenvalue weighted by molar-refractivity contribution is -0.115. The van der Waals surface area contributed by atoms with Gasteiger partial charge in [0, 0.05) is 5.69 Å². The third-order valence-corrected chi connectivity index (χ3v) is 4.64. The minimum absolute atomic E-state index is 0.0451. The summed E-state index contributed by atoms with van der Waals surface area (Å²) in [6, 6.07) is 14.5. The van der Waals surface area contributed by atoms with Gasteiger partial charge < -0.3 is 16.4 Å². The molecule has 0 atom stereocenters. The van der Waals surface area contributed by atoms with Gasteiger partial charge in [0.1, 0.15) is 5.01 Å². The van der Waals surface area contributed by atoms with Gasteiger partial charge in [-0.1, -0.05) is 48.6 Å². The first-order valence-corrected chi connectivity index (χ1v) is 9.24. The lowest BCUT2D eigenvalue weighted by atomic mass is 10.1. The van der Waals surface area contributed by atoms with Crippen LogP contribution in [0.3, 0.4) is 0 Å². The molecule has 0 saturated carbocycles. The number of nitrogens with two attached hydrogens (primary N) is 1. The second kappa shape index (κ2) is 8.41. The standard InChI is InChI=1S/C19H19N5O2S/c1-2-12-7-3-5-9-14(12)22-18(26)13-8-4-6-10-15(13)21-16(25)11-17-23-24-19(20)27-17/h3-10H,2,11H2,1H3,(H2,20,24)(H,21,25)(H,22,26). The zero-order chi connectivity index (χ0) is 19.2. The van der Waals surface area contributed by atoms with E-state index in [2.05, 4.69) is 20.8 Å². The molecule has 0 radical (unpaired) electrons. The Labute approximate surface area is 160 Å². The molecule has 0 saturated heterocycles. The summed E-state index contributed by atoms with van der Waals surface area (Å²) in [4.78, 5) is 25.0. The fraction of sp³-hybridized carbons (Fsp3) is 0.158. The number of nitrogens with zero attached hydrogens (tertiary/aromatic N) is 2. The molecule has 0 aliphatic rings. The molecule has 1 heterocycles. The van der Waals surface area contributed by atoms with Gasteiger partial charge in [0.2, 0.25) is 11.0 Å². The van der Waals surface area contributed by atoms with E-state index >= 15 is 0 Å². The summed E-state index contributed by atoms with van der Waals surface area (Å²) in [5.74, 6) is -0.577. The Morgan fingerprint density at radius 1 is 1.00 bits per heavy atom. The average molecular weight is 381 g/mol. The van der Waals surface area contributed by atoms with E-state index in [0.29, 0.717) is 21.4 Å². The Balaban J connectivity index is 1.75. The summed E-state index contributed by atoms with van der Waals surface area (Å²) < 4.78 is 0. The number of hydrogen-bond acceptors (Lipinski definition) is 6. The second-order valence-corrected chi connectivity index (χ2v) is 6.86. The lowest BCUT2D eigenvalue weighted by Gasteiger charge is -2.13. The highest BCUT2D eigenvalue weighted by Crippen LogP contribution is 2.21. The van der Waals surface area contributed by atoms with E-state index in [1.54, 1.807) is 24.3 Å². The quantitative estimate of drug-likeness (QED) is 0.608. The summed E-state index contributed by atoms with van der Waals surface area (Å²) in [7, 11) is 0. The highest BCUT2D eigenvalue weighted by atomic mass is 32.1. The van der Waals surface area contributed by atoms with E-state index in [4.69, 9.17) is 5.73 Å². The van der Waals surface area contributed by atoms with Crippen LogP contribution in [-0.4, -0.2) is 22.0 Å². The van der Waals surface area contributed by atoms with Crippen LogP contribution in [0, 0.1) is 0 Å². The van der Waals surface area contributed by atoms with Crippen molar-refractivity contribution >= 4 is 39.7 Å². The smallest absolute Gasteiger partial charge is 0.257 e. The molecular formula is C19H19N5O2S. The summed E-state index contributed by atoms with van der Waals surface area (Å²) in [5.41, 5.74) is 8.15. The van der Waals surface area contributed by atoms with Crippen LogP contribution >= 0.6 is 11.3 Å². The Hall–Kier alpha value is -3.26. The molecule has 138 valence electrons. The Morgan fingerprint density at radius 2 is 1.70 bits per heavy atom. The van der Waals surface area contributed by atoms with Crippen molar-refractivity contribution in [2.45, 2.75) is 19.8 Å². The molecule has 7 nitrogen and oxygen atoms in total. The second-order valence-electron chi connectivity index (χ2n) is 5.77. The minimum Gasteiger partial charge on any atom is -0.374 e. The molecule has 2 aromatic carbocycles. The molecule has 4 N–H and O–H groups in total. The first kappa shape index (κ1) is 18.5. The molecule has 0 aliphatic heterocycles. The third-order valence-electron chi connectivity index (χ3n) is 3.89. The van der Waals surface area contributed by atoms with Gasteiger partial charge >= 0.3 is 0 Å². The van der Waals surface area contributed by atoms with Gasteiger partial charge in [0.15, 0.2) is 0 Å². The average Bonchev–Trinajstić information content (AvgIpc) is 3.07. The van der Waals surface area contributed by atoms with Crippen molar-refractivity contribution in [3.63, 3.8) is 0 Å². The lowest BCUT2D eigenvalue weighted by Crippen LogP contribution is -2.19. The van der Waals surface area contributed by atoms with Gasteiger partial charge in [0.25, 0.3) is 5.91 Å². The molecule has 3 aromatic rings. The topological polar surface area (TPSA) is 110 Å². The van der Waals surface area contributed by atoms with Crippen LogP contribution in [-0.2, 0) is 17.6 Å². The van der Waals surface area contributed by atoms with E-state index in [0.717, 1.165) is 29.0 Å². The molecular weight excluding hydrogens is 362 g/mol. The summed E-state index contributed by atoms with van der Waals surface area (Å²) in [6.07, 6.45) is 0.851. The van der Waals surface area contributed by atoms with Gasteiger partial charge in [-0.25, -0.2) is 0 Å². The van der Waals surface area contributed by atoms with Crippen molar-refractivity contribution < 1.29 is 9.59 Å². The maximum Gasteiger partial charge on any atom is 0.257 e. The number of benzene rings is 2. The summed E-state index contributed by atoms with van der Waals surface area (Å²) >= 11 is 1.16. The number of amides is 2. The molecule has 3 rings (SSSR count). The maximum absolute atomic E-state index is 12.7. The molecule has 0 aliphatic carbocycles. The van der Waals surface area contributed by atoms with Crippen LogP contribution in [0.15, 0.2) is 48.5 Å². The van der Waals surface area contributed by atoms with Crippen LogP contribution < -0.4 is 16.4 Å². The maximum atomic E-state index is 12.7. The number of anilines is 3. The van der Waals surface area contributed by atoms with Gasteiger partial charge in [-0.2, -0.15) is 0 Å². The van der Waals surface area contributed by atoms with E-state index in [9.17, 15) is 9.59 Å². The molecule has 0 fully saturated rings. The summed E-state index contributed by atoms with van der Waals surface area (Å²) in [5, 5.41) is 14.0. The molecule has 0 spiro atoms. The van der Waals surface area contributed by atoms with Crippen molar-refractivity contribution in [2.75, 3.05) is 16.4 Å². The monoisotopic (exact) mass is 381 g/mol. The largest absolute Gasteiger partial charge is 0.374 e. The van der Waals surface area contributed by atoms with E-state index in [1.807, 2.05) is 31.2 Å². The van der Waals surface area contributed by atoms with Crippen LogP contribution in [0.25, 0.3) is 0 Å². The van der Waals surface area contributed by atoms with Crippen LogP contribution in [0.1, 0.15) is 27.9 Å². The van der Waals surface area contributed by atoms with E-state index in [1.165, 1.54) is 0 Å². The Bertz CT molecular complexity index is 970. The number of aromatic nitrogens is 2. The third kappa shape index (κ3) is 4.68. The number of carbonyl (C=O) groups is 2. The first-order valence-electron chi connectivity index (χ1n) is 8.42. The van der Waals surface area contributed by atoms with E-state index < -0.39 is 0 Å². The van der Waals surface area contributed by atoms with E-state index in [-0.39, 0.29) is 18.2 Å². The van der Waals surface area contributed by atoms with Gasteiger partial charge in [0.05, 0.1) is 17.7 Å². The van der Waals surface area contributed by atoms with Crippen molar-refractivity contribution in [3.8, 4) is 0 Å². The number of carbonyl (C=O) groups excluding carboxylic acids is 2.